The van der Waals surface area contributed by atoms with Crippen molar-refractivity contribution in [2.45, 2.75) is 0 Å². The first-order valence-electron chi connectivity index (χ1n) is 21.0. The molecule has 0 aliphatic carbocycles. The maximum absolute atomic E-state index is 6.80. The van der Waals surface area contributed by atoms with Crippen LogP contribution in [0.25, 0.3) is 110 Å². The third-order valence-corrected chi connectivity index (χ3v) is 12.5. The molecule has 3 heterocycles. The van der Waals surface area contributed by atoms with Crippen LogP contribution < -0.4 is 4.90 Å². The van der Waals surface area contributed by atoms with Gasteiger partial charge in [0.1, 0.15) is 33.5 Å². The van der Waals surface area contributed by atoms with Crippen molar-refractivity contribution in [1.29, 1.82) is 0 Å². The number of fused-ring (bicyclic) bond motifs is 10. The van der Waals surface area contributed by atoms with E-state index < -0.39 is 0 Å². The summed E-state index contributed by atoms with van der Waals surface area (Å²) in [5.41, 5.74) is 14.9. The Bertz CT molecular complexity index is 3870. The molecule has 62 heavy (non-hydrogen) atoms. The van der Waals surface area contributed by atoms with Gasteiger partial charge in [-0.2, -0.15) is 0 Å². The molecule has 13 aromatic rings. The summed E-state index contributed by atoms with van der Waals surface area (Å²) >= 11 is 0. The second-order valence-electron chi connectivity index (χ2n) is 16.0. The van der Waals surface area contributed by atoms with Gasteiger partial charge in [-0.05, 0) is 88.1 Å². The Labute approximate surface area is 356 Å². The second kappa shape index (κ2) is 13.6. The molecule has 3 aromatic heterocycles. The van der Waals surface area contributed by atoms with Crippen molar-refractivity contribution in [2.75, 3.05) is 4.90 Å². The zero-order chi connectivity index (χ0) is 40.7. The van der Waals surface area contributed by atoms with Crippen LogP contribution in [0.4, 0.5) is 17.1 Å². The van der Waals surface area contributed by atoms with E-state index in [0.29, 0.717) is 0 Å². The van der Waals surface area contributed by atoms with E-state index >= 15 is 0 Å². The summed E-state index contributed by atoms with van der Waals surface area (Å²) < 4.78 is 19.5. The Morgan fingerprint density at radius 3 is 1.56 bits per heavy atom. The molecule has 0 radical (unpaired) electrons. The minimum absolute atomic E-state index is 0.871. The molecule has 0 fully saturated rings. The van der Waals surface area contributed by atoms with Gasteiger partial charge in [0.2, 0.25) is 0 Å². The molecule has 0 amide bonds. The van der Waals surface area contributed by atoms with E-state index in [4.69, 9.17) is 13.3 Å². The molecule has 0 unspecified atom stereocenters. The molecule has 4 nitrogen and oxygen atoms in total. The SMILES string of the molecule is c1ccc(N(c2ccc(-c3cccc4c3oc3ccccc34)cc2)c2ccc(-c3cccc4oc5ccccc5c34)cc2)c(-c2cccc3c2oc2cc4ccccc4cc23)c1. The van der Waals surface area contributed by atoms with Gasteiger partial charge in [0, 0.05) is 60.4 Å². The van der Waals surface area contributed by atoms with Crippen molar-refractivity contribution in [2.24, 2.45) is 0 Å². The first-order valence-corrected chi connectivity index (χ1v) is 21.0. The normalized spacial score (nSPS) is 11.9. The van der Waals surface area contributed by atoms with Crippen molar-refractivity contribution in [3.63, 3.8) is 0 Å². The highest BCUT2D eigenvalue weighted by Crippen LogP contribution is 2.46. The Morgan fingerprint density at radius 2 is 0.790 bits per heavy atom. The molecular formula is C58H35NO3. The molecule has 0 saturated carbocycles. The highest BCUT2D eigenvalue weighted by molar-refractivity contribution is 6.15. The third-order valence-electron chi connectivity index (χ3n) is 12.5. The van der Waals surface area contributed by atoms with Gasteiger partial charge in [0.25, 0.3) is 0 Å². The highest BCUT2D eigenvalue weighted by Gasteiger charge is 2.22. The summed E-state index contributed by atoms with van der Waals surface area (Å²) in [6.45, 7) is 0. The third kappa shape index (κ3) is 5.33. The summed E-state index contributed by atoms with van der Waals surface area (Å²) in [6, 6.07) is 75.0. The van der Waals surface area contributed by atoms with Crippen molar-refractivity contribution < 1.29 is 13.3 Å². The number of hydrogen-bond acceptors (Lipinski definition) is 4. The maximum atomic E-state index is 6.80. The fourth-order valence-electron chi connectivity index (χ4n) is 9.59. The van der Waals surface area contributed by atoms with E-state index in [0.717, 1.165) is 122 Å². The number of nitrogens with zero attached hydrogens (tertiary/aromatic N) is 1. The lowest BCUT2D eigenvalue weighted by molar-refractivity contribution is 0.669. The number of furan rings is 3. The molecule has 0 spiro atoms. The predicted octanol–water partition coefficient (Wildman–Crippen LogP) is 17.0. The molecule has 0 saturated heterocycles. The molecule has 0 atom stereocenters. The van der Waals surface area contributed by atoms with Crippen LogP contribution in [-0.2, 0) is 0 Å². The van der Waals surface area contributed by atoms with Crippen LogP contribution in [0.3, 0.4) is 0 Å². The van der Waals surface area contributed by atoms with Gasteiger partial charge >= 0.3 is 0 Å². The monoisotopic (exact) mass is 793 g/mol. The van der Waals surface area contributed by atoms with Crippen LogP contribution in [0.2, 0.25) is 0 Å². The Kier molecular flexibility index (Phi) is 7.57. The Balaban J connectivity index is 0.981. The van der Waals surface area contributed by atoms with Crippen LogP contribution in [0, 0.1) is 0 Å². The lowest BCUT2D eigenvalue weighted by atomic mass is 9.97. The molecule has 0 aliphatic rings. The van der Waals surface area contributed by atoms with Crippen molar-refractivity contribution >= 4 is 93.7 Å². The number of rotatable bonds is 6. The average molecular weight is 794 g/mol. The topological polar surface area (TPSA) is 42.7 Å². The summed E-state index contributed by atoms with van der Waals surface area (Å²) in [4.78, 5) is 2.36. The standard InChI is InChI=1S/C58H35NO3/c1-2-13-39-35-55-50(34-38(39)12-1)48-21-10-19-46(58(48)62-55)44-14-3-6-22-51(44)59(40-30-26-36(27-31-40)42-17-11-25-54-56(42)49-16-5-8-24-53(49)60-54)41-32-28-37(29-33-41)43-18-9-20-47-45-15-4-7-23-52(45)61-57(43)47/h1-35H. The lowest BCUT2D eigenvalue weighted by Crippen LogP contribution is -2.11. The van der Waals surface area contributed by atoms with E-state index in [9.17, 15) is 0 Å². The van der Waals surface area contributed by atoms with E-state index in [1.54, 1.807) is 0 Å². The first kappa shape index (κ1) is 34.5. The van der Waals surface area contributed by atoms with Crippen molar-refractivity contribution in [3.05, 3.63) is 212 Å². The summed E-state index contributed by atoms with van der Waals surface area (Å²) in [7, 11) is 0. The molecular weight excluding hydrogens is 759 g/mol. The Morgan fingerprint density at radius 1 is 0.290 bits per heavy atom. The quantitative estimate of drug-likeness (QED) is 0.168. The van der Waals surface area contributed by atoms with Gasteiger partial charge in [0.05, 0.1) is 5.69 Å². The smallest absolute Gasteiger partial charge is 0.143 e. The first-order chi connectivity index (χ1) is 30.7. The van der Waals surface area contributed by atoms with E-state index in [2.05, 4.69) is 193 Å². The molecule has 0 aliphatic heterocycles. The molecule has 0 bridgehead atoms. The lowest BCUT2D eigenvalue weighted by Gasteiger charge is -2.28. The fourth-order valence-corrected chi connectivity index (χ4v) is 9.59. The number of para-hydroxylation sites is 5. The van der Waals surface area contributed by atoms with Crippen LogP contribution in [0.15, 0.2) is 226 Å². The van der Waals surface area contributed by atoms with E-state index in [1.165, 1.54) is 5.39 Å². The molecule has 13 rings (SSSR count). The fraction of sp³-hybridized carbons (Fsp3) is 0. The van der Waals surface area contributed by atoms with Crippen LogP contribution in [0.1, 0.15) is 0 Å². The van der Waals surface area contributed by atoms with Crippen LogP contribution in [-0.4, -0.2) is 0 Å². The molecule has 0 N–H and O–H groups in total. The zero-order valence-corrected chi connectivity index (χ0v) is 33.4. The van der Waals surface area contributed by atoms with E-state index in [-0.39, 0.29) is 0 Å². The molecule has 4 heteroatoms. The number of hydrogen-bond donors (Lipinski definition) is 0. The Hall–Kier alpha value is -8.34. The molecule has 10 aromatic carbocycles. The average Bonchev–Trinajstić information content (AvgIpc) is 4.03. The summed E-state index contributed by atoms with van der Waals surface area (Å²) in [6.07, 6.45) is 0. The van der Waals surface area contributed by atoms with Gasteiger partial charge < -0.3 is 18.2 Å². The van der Waals surface area contributed by atoms with Gasteiger partial charge in [-0.15, -0.1) is 0 Å². The molecule has 290 valence electrons. The second-order valence-corrected chi connectivity index (χ2v) is 16.0. The number of benzene rings is 10. The van der Waals surface area contributed by atoms with Gasteiger partial charge in [-0.3, -0.25) is 0 Å². The maximum Gasteiger partial charge on any atom is 0.143 e. The van der Waals surface area contributed by atoms with Gasteiger partial charge in [0.15, 0.2) is 0 Å². The zero-order valence-electron chi connectivity index (χ0n) is 33.4. The summed E-state index contributed by atoms with van der Waals surface area (Å²) in [5.74, 6) is 0. The predicted molar refractivity (Wildman–Crippen MR) is 257 cm³/mol. The van der Waals surface area contributed by atoms with E-state index in [1.807, 2.05) is 24.3 Å². The number of anilines is 3. The van der Waals surface area contributed by atoms with Crippen molar-refractivity contribution in [3.8, 4) is 33.4 Å². The minimum atomic E-state index is 0.871. The van der Waals surface area contributed by atoms with Gasteiger partial charge in [-0.25, -0.2) is 0 Å². The largest absolute Gasteiger partial charge is 0.456 e. The summed E-state index contributed by atoms with van der Waals surface area (Å²) in [5, 5.41) is 9.04. The van der Waals surface area contributed by atoms with Crippen LogP contribution >= 0.6 is 0 Å². The van der Waals surface area contributed by atoms with Crippen molar-refractivity contribution in [1.82, 2.24) is 0 Å². The van der Waals surface area contributed by atoms with Gasteiger partial charge in [-0.1, -0.05) is 152 Å². The highest BCUT2D eigenvalue weighted by atomic mass is 16.3. The van der Waals surface area contributed by atoms with Crippen LogP contribution in [0.5, 0.6) is 0 Å². The minimum Gasteiger partial charge on any atom is -0.456 e.